The molecule has 26 nitrogen and oxygen atoms in total. The highest BCUT2D eigenvalue weighted by Crippen LogP contribution is 2.30. The summed E-state index contributed by atoms with van der Waals surface area (Å²) in [4.78, 5) is 127. The van der Waals surface area contributed by atoms with Crippen molar-refractivity contribution in [2.24, 2.45) is 4.99 Å². The number of amides is 8. The number of piperidine rings is 1. The molecule has 12 aromatic rings. The standard InChI is InChI=1S/C25H23Cl2N5O2.C24H21Cl2N5O2.C23H18Cl2N4O2.C21H16Cl2N4O2/c26-18-8-10-21(20(14-18)25(34)31-22-11-9-19(27)15-29-22)30-24(33)17-6-4-16(5-7-17)23(28)32-12-2-1-3-13-32;25-17-7-9-20(19(13-17)24(33)30-21-10-8-18(26)14-28-21)29-23(32)16-5-3-15(4-6-16)22(27)31-11-1-2-12-31;24-16-7-9-20(18(12-16)23(31)29-21-10-8-17(25)13-27-21)28-22(30)15-5-3-14(4-6-15)19-2-1-11-26-19;1-12(24)13-2-4-14(5-3-13)20(28)26-18-8-6-15(22)10-17(18)21(29)27-19-9-7-16(23)11-25-19/h4-11,14-15,28H,1-3,12-13H2,(H,30,33)(H,29,31,34);3-10,13-14,27H,1-2,11-12H2,(H,29,32)(H,28,30,33);3-10,12-13H,1-2,11H2,(H,28,30)(H,27,29,31);2-11,24H,1H3,(H,26,28)(H,25,27,29). The summed E-state index contributed by atoms with van der Waals surface area (Å²) in [5, 5.41) is 49.3. The Morgan fingerprint density at radius 3 is 0.787 bits per heavy atom. The Labute approximate surface area is 770 Å². The van der Waals surface area contributed by atoms with Crippen molar-refractivity contribution < 1.29 is 38.4 Å². The van der Waals surface area contributed by atoms with E-state index in [1.807, 2.05) is 17.0 Å². The van der Waals surface area contributed by atoms with E-state index in [2.05, 4.69) is 72.4 Å². The second-order valence-electron chi connectivity index (χ2n) is 28.6. The zero-order chi connectivity index (χ0) is 90.2. The van der Waals surface area contributed by atoms with Crippen molar-refractivity contribution in [2.45, 2.75) is 51.9 Å². The number of amidine groups is 2. The van der Waals surface area contributed by atoms with Gasteiger partial charge in [-0.1, -0.05) is 141 Å². The van der Waals surface area contributed by atoms with Gasteiger partial charge in [0.2, 0.25) is 0 Å². The van der Waals surface area contributed by atoms with Crippen LogP contribution in [0.2, 0.25) is 40.2 Å². The molecule has 3 aliphatic heterocycles. The Hall–Kier alpha value is -13.3. The minimum absolute atomic E-state index is 0.189. The van der Waals surface area contributed by atoms with Crippen LogP contribution in [0.3, 0.4) is 0 Å². The molecule has 0 saturated carbocycles. The molecule has 2 fully saturated rings. The van der Waals surface area contributed by atoms with E-state index in [0.29, 0.717) is 126 Å². The zero-order valence-electron chi connectivity index (χ0n) is 67.5. The van der Waals surface area contributed by atoms with E-state index in [-0.39, 0.29) is 45.9 Å². The summed E-state index contributed by atoms with van der Waals surface area (Å²) in [5.41, 5.74) is 8.51. The van der Waals surface area contributed by atoms with E-state index in [1.54, 1.807) is 189 Å². The first-order valence-electron chi connectivity index (χ1n) is 39.5. The first-order valence-corrected chi connectivity index (χ1v) is 42.5. The largest absolute Gasteiger partial charge is 0.357 e. The minimum atomic E-state index is -0.479. The van der Waals surface area contributed by atoms with E-state index >= 15 is 0 Å². The van der Waals surface area contributed by atoms with E-state index in [9.17, 15) is 38.4 Å². The monoisotopic (exact) mass is 1850 g/mol. The minimum Gasteiger partial charge on any atom is -0.357 e. The van der Waals surface area contributed by atoms with E-state index in [0.717, 1.165) is 99.2 Å². The lowest BCUT2D eigenvalue weighted by Gasteiger charge is -2.29. The van der Waals surface area contributed by atoms with Gasteiger partial charge in [0.1, 0.15) is 34.9 Å². The van der Waals surface area contributed by atoms with Crippen LogP contribution in [-0.4, -0.2) is 133 Å². The summed E-state index contributed by atoms with van der Waals surface area (Å²) in [6.07, 6.45) is 13.3. The highest BCUT2D eigenvalue weighted by molar-refractivity contribution is 6.34. The predicted molar refractivity (Wildman–Crippen MR) is 505 cm³/mol. The number of nitrogens with one attached hydrogen (secondary N) is 11. The van der Waals surface area contributed by atoms with Crippen LogP contribution >= 0.6 is 92.8 Å². The smallest absolute Gasteiger partial charge is 0.258 e. The quantitative estimate of drug-likeness (QED) is 0.0250. The Balaban J connectivity index is 0.000000154. The van der Waals surface area contributed by atoms with Gasteiger partial charge in [0.05, 0.1) is 65.1 Å². The van der Waals surface area contributed by atoms with Crippen LogP contribution in [0.5, 0.6) is 0 Å². The average Bonchev–Trinajstić information content (AvgIpc) is 1.53. The fourth-order valence-corrected chi connectivity index (χ4v) is 14.1. The van der Waals surface area contributed by atoms with Crippen molar-refractivity contribution in [3.05, 3.63) is 350 Å². The summed E-state index contributed by atoms with van der Waals surface area (Å²) < 4.78 is 0. The van der Waals surface area contributed by atoms with Crippen LogP contribution in [0.1, 0.15) is 157 Å². The summed E-state index contributed by atoms with van der Waals surface area (Å²) >= 11 is 47.6. The van der Waals surface area contributed by atoms with Gasteiger partial charge < -0.3 is 57.7 Å². The molecule has 0 radical (unpaired) electrons. The van der Waals surface area contributed by atoms with Crippen molar-refractivity contribution >= 4 is 209 Å². The van der Waals surface area contributed by atoms with E-state index < -0.39 is 23.6 Å². The van der Waals surface area contributed by atoms with Crippen LogP contribution in [-0.2, 0) is 0 Å². The molecule has 0 unspecified atom stereocenters. The maximum Gasteiger partial charge on any atom is 0.258 e. The van der Waals surface area contributed by atoms with Crippen LogP contribution in [0, 0.1) is 16.2 Å². The maximum atomic E-state index is 12.9. The topological polar surface area (TPSA) is 375 Å². The lowest BCUT2D eigenvalue weighted by atomic mass is 10.0. The molecule has 4 aromatic heterocycles. The van der Waals surface area contributed by atoms with Gasteiger partial charge in [-0.25, -0.2) is 19.9 Å². The van der Waals surface area contributed by atoms with Crippen LogP contribution < -0.4 is 42.5 Å². The van der Waals surface area contributed by atoms with Gasteiger partial charge in [-0.15, -0.1) is 0 Å². The number of hydrogen-bond donors (Lipinski definition) is 11. The number of carbonyl (C=O) groups excluding carboxylic acids is 8. The summed E-state index contributed by atoms with van der Waals surface area (Å²) in [5.74, 6) is -1.15. The summed E-state index contributed by atoms with van der Waals surface area (Å²) in [6, 6.07) is 59.0. The SMILES string of the molecule is CC(=N)c1ccc(C(=O)Nc2ccc(Cl)cc2C(=O)Nc2ccc(Cl)cn2)cc1.N=C(c1ccc(C(=O)Nc2ccc(Cl)cc2C(=O)Nc2ccc(Cl)cn2)cc1)N1CCCC1.N=C(c1ccc(C(=O)Nc2ccc(Cl)cc2C(=O)Nc2ccc(Cl)cn2)cc1)N1CCCCC1.O=C(Nc1ccc(Cl)cc1C(=O)Nc1ccc(Cl)cn1)c1ccc(C2=NCCC2)cc1. The molecule has 34 heteroatoms. The van der Waals surface area contributed by atoms with Gasteiger partial charge in [0.25, 0.3) is 47.3 Å². The molecule has 8 amide bonds. The van der Waals surface area contributed by atoms with Gasteiger partial charge in [-0.2, -0.15) is 0 Å². The molecule has 7 heterocycles. The number of pyridine rings is 4. The molecule has 8 aromatic carbocycles. The molecule has 644 valence electrons. The van der Waals surface area contributed by atoms with Crippen molar-refractivity contribution in [2.75, 3.05) is 75.3 Å². The summed E-state index contributed by atoms with van der Waals surface area (Å²) in [6.45, 7) is 6.05. The second kappa shape index (κ2) is 44.5. The van der Waals surface area contributed by atoms with Gasteiger partial charge in [-0.3, -0.25) is 54.2 Å². The normalized spacial score (nSPS) is 12.4. The fraction of sp³-hybridized carbons (Fsp3) is 0.140. The van der Waals surface area contributed by atoms with Crippen molar-refractivity contribution in [1.82, 2.24) is 29.7 Å². The number of benzene rings is 8. The number of nitrogens with zero attached hydrogens (tertiary/aromatic N) is 7. The summed E-state index contributed by atoms with van der Waals surface area (Å²) in [7, 11) is 0. The van der Waals surface area contributed by atoms with Crippen LogP contribution in [0.25, 0.3) is 0 Å². The van der Waals surface area contributed by atoms with Gasteiger partial charge in [0, 0.05) is 122 Å². The second-order valence-corrected chi connectivity index (χ2v) is 32.1. The Morgan fingerprint density at radius 2 is 0.535 bits per heavy atom. The molecule has 2 saturated heterocycles. The van der Waals surface area contributed by atoms with Crippen LogP contribution in [0.15, 0.2) is 248 Å². The van der Waals surface area contributed by atoms with Gasteiger partial charge in [0.15, 0.2) is 0 Å². The number of aromatic nitrogens is 4. The third-order valence-corrected chi connectivity index (χ3v) is 21.5. The molecule has 3 aliphatic rings. The van der Waals surface area contributed by atoms with Crippen LogP contribution in [0.4, 0.5) is 46.0 Å². The fourth-order valence-electron chi connectivity index (χ4n) is 13.0. The van der Waals surface area contributed by atoms with E-state index in [4.69, 9.17) is 109 Å². The molecule has 127 heavy (non-hydrogen) atoms. The molecular weight excluding hydrogens is 1780 g/mol. The highest BCUT2D eigenvalue weighted by Gasteiger charge is 2.25. The third kappa shape index (κ3) is 26.4. The zero-order valence-corrected chi connectivity index (χ0v) is 73.5. The van der Waals surface area contributed by atoms with Crippen molar-refractivity contribution in [3.8, 4) is 0 Å². The Bertz CT molecular complexity index is 6130. The molecule has 0 atom stereocenters. The molecule has 15 rings (SSSR count). The molecule has 0 spiro atoms. The number of anilines is 8. The van der Waals surface area contributed by atoms with Gasteiger partial charge in [-0.05, 0) is 233 Å². The van der Waals surface area contributed by atoms with E-state index in [1.165, 1.54) is 55.5 Å². The molecule has 0 aliphatic carbocycles. The maximum absolute atomic E-state index is 12.9. The Morgan fingerprint density at radius 1 is 0.283 bits per heavy atom. The number of rotatable bonds is 20. The number of halogens is 8. The molecule has 11 N–H and O–H groups in total. The third-order valence-electron chi connectivity index (χ3n) is 19.6. The average molecular weight is 1860 g/mol. The number of aliphatic imine (C=N–C) groups is 1. The predicted octanol–water partition coefficient (Wildman–Crippen LogP) is 21.8. The van der Waals surface area contributed by atoms with Gasteiger partial charge >= 0.3 is 0 Å². The lowest BCUT2D eigenvalue weighted by molar-refractivity contribution is 0.101. The number of carbonyl (C=O) groups is 8. The first-order chi connectivity index (χ1) is 61.1. The highest BCUT2D eigenvalue weighted by atomic mass is 35.5. The first kappa shape index (κ1) is 92.9. The molecular formula is C93H78Cl8N18O8. The number of hydrogen-bond acceptors (Lipinski definition) is 16. The van der Waals surface area contributed by atoms with Crippen molar-refractivity contribution in [1.29, 1.82) is 16.2 Å². The van der Waals surface area contributed by atoms with Crippen molar-refractivity contribution in [3.63, 3.8) is 0 Å². The Kier molecular flexibility index (Phi) is 32.6. The lowest BCUT2D eigenvalue weighted by Crippen LogP contribution is -2.35. The molecule has 0 bridgehead atoms. The number of likely N-dealkylation sites (tertiary alicyclic amines) is 2.